The van der Waals surface area contributed by atoms with Crippen LogP contribution in [0.1, 0.15) is 16.7 Å². The molecule has 0 saturated heterocycles. The van der Waals surface area contributed by atoms with Gasteiger partial charge in [0, 0.05) is 18.7 Å². The van der Waals surface area contributed by atoms with Crippen molar-refractivity contribution in [3.63, 3.8) is 0 Å². The zero-order valence-electron chi connectivity index (χ0n) is 8.10. The van der Waals surface area contributed by atoms with E-state index >= 15 is 0 Å². The summed E-state index contributed by atoms with van der Waals surface area (Å²) in [5.41, 5.74) is 3.11. The van der Waals surface area contributed by atoms with E-state index in [1.165, 1.54) is 5.56 Å². The van der Waals surface area contributed by atoms with Gasteiger partial charge in [-0.1, -0.05) is 6.07 Å². The summed E-state index contributed by atoms with van der Waals surface area (Å²) in [6.07, 6.45) is 0.977. The minimum absolute atomic E-state index is 0.0402. The number of halogens is 1. The smallest absolute Gasteiger partial charge is 0.128 e. The van der Waals surface area contributed by atoms with Gasteiger partial charge in [-0.15, -0.1) is 0 Å². The van der Waals surface area contributed by atoms with Crippen molar-refractivity contribution >= 4 is 0 Å². The first kappa shape index (κ1) is 8.70. The van der Waals surface area contributed by atoms with Gasteiger partial charge in [0.05, 0.1) is 0 Å². The molecule has 1 aliphatic rings. The minimum atomic E-state index is -0.0402. The number of rotatable bonds is 0. The largest absolute Gasteiger partial charge is 0.302 e. The summed E-state index contributed by atoms with van der Waals surface area (Å²) in [5, 5.41) is 0. The molecule has 1 nitrogen and oxygen atoms in total. The average Bonchev–Trinajstić information content (AvgIpc) is 2.06. The minimum Gasteiger partial charge on any atom is -0.302 e. The van der Waals surface area contributed by atoms with Crippen LogP contribution in [0.5, 0.6) is 0 Å². The third kappa shape index (κ3) is 1.59. The number of likely N-dealkylation sites (N-methyl/N-ethyl adjacent to an activating group) is 1. The Morgan fingerprint density at radius 1 is 1.38 bits per heavy atom. The molecule has 0 N–H and O–H groups in total. The van der Waals surface area contributed by atoms with E-state index in [1.807, 2.05) is 14.0 Å². The summed E-state index contributed by atoms with van der Waals surface area (Å²) in [7, 11) is 2.03. The molecule has 0 fully saturated rings. The highest BCUT2D eigenvalue weighted by Gasteiger charge is 2.16. The van der Waals surface area contributed by atoms with Crippen molar-refractivity contribution in [1.29, 1.82) is 0 Å². The van der Waals surface area contributed by atoms with Crippen molar-refractivity contribution < 1.29 is 4.39 Å². The topological polar surface area (TPSA) is 3.24 Å². The molecule has 1 heterocycles. The Morgan fingerprint density at radius 3 is 2.92 bits per heavy atom. The molecule has 70 valence electrons. The van der Waals surface area contributed by atoms with Gasteiger partial charge in [0.2, 0.25) is 0 Å². The molecule has 0 unspecified atom stereocenters. The summed E-state index contributed by atoms with van der Waals surface area (Å²) in [5.74, 6) is -0.0402. The third-order valence-corrected chi connectivity index (χ3v) is 2.62. The van der Waals surface area contributed by atoms with Gasteiger partial charge in [-0.05, 0) is 37.6 Å². The lowest BCUT2D eigenvalue weighted by Crippen LogP contribution is -2.27. The number of fused-ring (bicyclic) bond motifs is 1. The second-order valence-corrected chi connectivity index (χ2v) is 3.87. The lowest BCUT2D eigenvalue weighted by Gasteiger charge is -2.25. The summed E-state index contributed by atoms with van der Waals surface area (Å²) in [4.78, 5) is 2.15. The molecular formula is C11H14FN. The highest BCUT2D eigenvalue weighted by Crippen LogP contribution is 2.22. The Hall–Kier alpha value is -0.890. The van der Waals surface area contributed by atoms with Crippen molar-refractivity contribution in [2.24, 2.45) is 0 Å². The fourth-order valence-electron chi connectivity index (χ4n) is 1.90. The zero-order valence-corrected chi connectivity index (χ0v) is 8.10. The molecule has 1 aromatic rings. The number of aryl methyl sites for hydroxylation is 1. The molecule has 0 aliphatic carbocycles. The Labute approximate surface area is 78.2 Å². The van der Waals surface area contributed by atoms with E-state index in [0.29, 0.717) is 0 Å². The molecule has 13 heavy (non-hydrogen) atoms. The first-order chi connectivity index (χ1) is 6.16. The molecule has 2 heteroatoms. The van der Waals surface area contributed by atoms with Gasteiger partial charge in [0.15, 0.2) is 0 Å². The van der Waals surface area contributed by atoms with Gasteiger partial charge < -0.3 is 4.90 Å². The first-order valence-electron chi connectivity index (χ1n) is 4.63. The summed E-state index contributed by atoms with van der Waals surface area (Å²) in [6.45, 7) is 3.74. The monoisotopic (exact) mass is 179 g/mol. The van der Waals surface area contributed by atoms with Gasteiger partial charge in [0.25, 0.3) is 0 Å². The molecule has 0 radical (unpaired) electrons. The van der Waals surface area contributed by atoms with Gasteiger partial charge in [0.1, 0.15) is 5.82 Å². The maximum absolute atomic E-state index is 13.5. The van der Waals surface area contributed by atoms with E-state index in [2.05, 4.69) is 11.0 Å². The van der Waals surface area contributed by atoms with Crippen LogP contribution in [0.4, 0.5) is 4.39 Å². The molecule has 0 atom stereocenters. The van der Waals surface area contributed by atoms with E-state index in [-0.39, 0.29) is 5.82 Å². The molecular weight excluding hydrogens is 165 g/mol. The van der Waals surface area contributed by atoms with E-state index < -0.39 is 0 Å². The molecule has 2 rings (SSSR count). The van der Waals surface area contributed by atoms with Gasteiger partial charge in [-0.3, -0.25) is 0 Å². The second kappa shape index (κ2) is 3.11. The number of benzene rings is 1. The van der Waals surface area contributed by atoms with Gasteiger partial charge in [-0.25, -0.2) is 4.39 Å². The number of hydrogen-bond acceptors (Lipinski definition) is 1. The first-order valence-corrected chi connectivity index (χ1v) is 4.63. The van der Waals surface area contributed by atoms with Crippen LogP contribution in [0.2, 0.25) is 0 Å². The van der Waals surface area contributed by atoms with Gasteiger partial charge >= 0.3 is 0 Å². The quantitative estimate of drug-likeness (QED) is 0.589. The number of nitrogens with zero attached hydrogens (tertiary/aromatic N) is 1. The van der Waals surface area contributed by atoms with E-state index in [1.54, 1.807) is 6.07 Å². The van der Waals surface area contributed by atoms with Crippen LogP contribution in [0.3, 0.4) is 0 Å². The molecule has 0 amide bonds. The zero-order chi connectivity index (χ0) is 9.42. The molecule has 1 aromatic carbocycles. The van der Waals surface area contributed by atoms with E-state index in [9.17, 15) is 4.39 Å². The van der Waals surface area contributed by atoms with Crippen LogP contribution < -0.4 is 0 Å². The predicted octanol–water partition coefficient (Wildman–Crippen LogP) is 2.12. The van der Waals surface area contributed by atoms with E-state index in [0.717, 1.165) is 30.6 Å². The Morgan fingerprint density at radius 2 is 2.15 bits per heavy atom. The van der Waals surface area contributed by atoms with E-state index in [4.69, 9.17) is 0 Å². The van der Waals surface area contributed by atoms with Crippen molar-refractivity contribution in [2.75, 3.05) is 13.6 Å². The second-order valence-electron chi connectivity index (χ2n) is 3.87. The maximum Gasteiger partial charge on any atom is 0.128 e. The molecule has 0 spiro atoms. The Bertz CT molecular complexity index is 333. The van der Waals surface area contributed by atoms with Crippen molar-refractivity contribution in [3.8, 4) is 0 Å². The Balaban J connectivity index is 2.47. The fourth-order valence-corrected chi connectivity index (χ4v) is 1.90. The predicted molar refractivity (Wildman–Crippen MR) is 51.2 cm³/mol. The van der Waals surface area contributed by atoms with Crippen LogP contribution >= 0.6 is 0 Å². The van der Waals surface area contributed by atoms with Crippen molar-refractivity contribution in [1.82, 2.24) is 4.90 Å². The molecule has 0 bridgehead atoms. The van der Waals surface area contributed by atoms with Crippen molar-refractivity contribution in [3.05, 3.63) is 34.6 Å². The summed E-state index contributed by atoms with van der Waals surface area (Å²) < 4.78 is 13.5. The normalized spacial score (nSPS) is 17.2. The molecule has 0 aromatic heterocycles. The highest BCUT2D eigenvalue weighted by atomic mass is 19.1. The van der Waals surface area contributed by atoms with Crippen LogP contribution in [-0.4, -0.2) is 18.5 Å². The van der Waals surface area contributed by atoms with Crippen LogP contribution in [0.15, 0.2) is 12.1 Å². The third-order valence-electron chi connectivity index (χ3n) is 2.62. The summed E-state index contributed by atoms with van der Waals surface area (Å²) >= 11 is 0. The lowest BCUT2D eigenvalue weighted by molar-refractivity contribution is 0.305. The Kier molecular flexibility index (Phi) is 2.08. The van der Waals surface area contributed by atoms with Gasteiger partial charge in [-0.2, -0.15) is 0 Å². The van der Waals surface area contributed by atoms with Crippen LogP contribution in [0, 0.1) is 12.7 Å². The van der Waals surface area contributed by atoms with Crippen molar-refractivity contribution in [2.45, 2.75) is 19.9 Å². The average molecular weight is 179 g/mol. The van der Waals surface area contributed by atoms with Crippen LogP contribution in [0.25, 0.3) is 0 Å². The summed E-state index contributed by atoms with van der Waals surface area (Å²) in [6, 6.07) is 3.73. The van der Waals surface area contributed by atoms with Crippen LogP contribution in [-0.2, 0) is 13.0 Å². The molecule has 0 saturated carbocycles. The number of hydrogen-bond donors (Lipinski definition) is 0. The lowest BCUT2D eigenvalue weighted by atomic mass is 9.97. The standard InChI is InChI=1S/C11H14FN/c1-8-5-9-3-4-13(2)7-10(9)11(12)6-8/h5-6H,3-4,7H2,1-2H3. The molecule has 1 aliphatic heterocycles. The maximum atomic E-state index is 13.5. The SMILES string of the molecule is Cc1cc(F)c2c(c1)CCN(C)C2. The highest BCUT2D eigenvalue weighted by molar-refractivity contribution is 5.34. The fraction of sp³-hybridized carbons (Fsp3) is 0.455.